The summed E-state index contributed by atoms with van der Waals surface area (Å²) in [6.45, 7) is 1.000. The van der Waals surface area contributed by atoms with Gasteiger partial charge in [0.05, 0.1) is 12.7 Å². The van der Waals surface area contributed by atoms with E-state index < -0.39 is 11.8 Å². The molecule has 1 heterocycles. The summed E-state index contributed by atoms with van der Waals surface area (Å²) in [5, 5.41) is 13.2. The summed E-state index contributed by atoms with van der Waals surface area (Å²) in [6.07, 6.45) is 1.94. The smallest absolute Gasteiger partial charge is 0.309 e. The molecule has 0 aromatic rings. The minimum absolute atomic E-state index is 0.0274. The first kappa shape index (κ1) is 11.9. The Morgan fingerprint density at radius 1 is 1.33 bits per heavy atom. The van der Waals surface area contributed by atoms with E-state index >= 15 is 0 Å². The molecule has 0 bridgehead atoms. The van der Waals surface area contributed by atoms with E-state index in [-0.39, 0.29) is 19.3 Å². The van der Waals surface area contributed by atoms with Crippen molar-refractivity contribution in [3.63, 3.8) is 0 Å². The van der Waals surface area contributed by atoms with Gasteiger partial charge >= 0.3 is 11.8 Å². The molecule has 0 radical (unpaired) electrons. The van der Waals surface area contributed by atoms with Gasteiger partial charge in [0.2, 0.25) is 0 Å². The van der Waals surface area contributed by atoms with E-state index in [0.29, 0.717) is 6.54 Å². The summed E-state index contributed by atoms with van der Waals surface area (Å²) < 4.78 is 5.28. The number of carbonyl (C=O) groups is 2. The lowest BCUT2D eigenvalue weighted by Crippen LogP contribution is -2.43. The van der Waals surface area contributed by atoms with Crippen molar-refractivity contribution in [3.8, 4) is 0 Å². The van der Waals surface area contributed by atoms with Gasteiger partial charge in [-0.2, -0.15) is 0 Å². The molecule has 1 aliphatic rings. The van der Waals surface area contributed by atoms with Gasteiger partial charge in [-0.15, -0.1) is 0 Å². The SMILES string of the molecule is O=C(NCCO)C(=O)NC[C@@H]1CCCO1. The van der Waals surface area contributed by atoms with Crippen molar-refractivity contribution in [3.05, 3.63) is 0 Å². The van der Waals surface area contributed by atoms with Crippen molar-refractivity contribution in [2.75, 3.05) is 26.3 Å². The highest BCUT2D eigenvalue weighted by Gasteiger charge is 2.18. The minimum Gasteiger partial charge on any atom is -0.395 e. The van der Waals surface area contributed by atoms with Crippen LogP contribution in [-0.4, -0.2) is 49.3 Å². The molecule has 3 N–H and O–H groups in total. The molecule has 15 heavy (non-hydrogen) atoms. The van der Waals surface area contributed by atoms with Crippen molar-refractivity contribution in [1.29, 1.82) is 0 Å². The van der Waals surface area contributed by atoms with E-state index in [1.807, 2.05) is 0 Å². The van der Waals surface area contributed by atoms with Crippen LogP contribution < -0.4 is 10.6 Å². The predicted octanol–water partition coefficient (Wildman–Crippen LogP) is -1.61. The number of rotatable bonds is 4. The zero-order chi connectivity index (χ0) is 11.1. The molecule has 0 aromatic carbocycles. The van der Waals surface area contributed by atoms with Crippen LogP contribution in [0.1, 0.15) is 12.8 Å². The third-order valence-electron chi connectivity index (χ3n) is 2.12. The Kier molecular flexibility index (Phi) is 5.06. The Labute approximate surface area is 88.0 Å². The summed E-state index contributed by atoms with van der Waals surface area (Å²) in [6, 6.07) is 0. The molecule has 6 nitrogen and oxygen atoms in total. The molecule has 0 spiro atoms. The maximum absolute atomic E-state index is 11.1. The van der Waals surface area contributed by atoms with Gasteiger partial charge in [0.15, 0.2) is 0 Å². The Morgan fingerprint density at radius 2 is 2.07 bits per heavy atom. The fourth-order valence-electron chi connectivity index (χ4n) is 1.34. The number of aliphatic hydroxyl groups is 1. The number of hydrogen-bond donors (Lipinski definition) is 3. The molecular weight excluding hydrogens is 200 g/mol. The van der Waals surface area contributed by atoms with Crippen LogP contribution in [0.4, 0.5) is 0 Å². The van der Waals surface area contributed by atoms with Gasteiger partial charge in [0, 0.05) is 19.7 Å². The molecule has 0 saturated carbocycles. The van der Waals surface area contributed by atoms with Crippen molar-refractivity contribution in [1.82, 2.24) is 10.6 Å². The maximum atomic E-state index is 11.1. The third-order valence-corrected chi connectivity index (χ3v) is 2.12. The standard InChI is InChI=1S/C9H16N2O4/c12-4-3-10-8(13)9(14)11-6-7-2-1-5-15-7/h7,12H,1-6H2,(H,10,13)(H,11,14)/t7-/m0/s1. The van der Waals surface area contributed by atoms with Crippen LogP contribution >= 0.6 is 0 Å². The predicted molar refractivity (Wildman–Crippen MR) is 52.1 cm³/mol. The van der Waals surface area contributed by atoms with E-state index in [4.69, 9.17) is 9.84 Å². The van der Waals surface area contributed by atoms with Crippen LogP contribution in [-0.2, 0) is 14.3 Å². The van der Waals surface area contributed by atoms with E-state index in [1.54, 1.807) is 0 Å². The van der Waals surface area contributed by atoms with Gasteiger partial charge in [-0.1, -0.05) is 0 Å². The second-order valence-electron chi connectivity index (χ2n) is 3.32. The number of nitrogens with one attached hydrogen (secondary N) is 2. The van der Waals surface area contributed by atoms with Gasteiger partial charge in [-0.3, -0.25) is 9.59 Å². The van der Waals surface area contributed by atoms with Crippen molar-refractivity contribution in [2.24, 2.45) is 0 Å². The van der Waals surface area contributed by atoms with Gasteiger partial charge in [-0.25, -0.2) is 0 Å². The number of hydrogen-bond acceptors (Lipinski definition) is 4. The lowest BCUT2D eigenvalue weighted by molar-refractivity contribution is -0.139. The summed E-state index contributed by atoms with van der Waals surface area (Å²) >= 11 is 0. The highest BCUT2D eigenvalue weighted by atomic mass is 16.5. The van der Waals surface area contributed by atoms with Crippen LogP contribution in [0.3, 0.4) is 0 Å². The topological polar surface area (TPSA) is 87.7 Å². The fourth-order valence-corrected chi connectivity index (χ4v) is 1.34. The van der Waals surface area contributed by atoms with Crippen molar-refractivity contribution < 1.29 is 19.4 Å². The number of carbonyl (C=O) groups excluding carboxylic acids is 2. The Balaban J connectivity index is 2.14. The second-order valence-corrected chi connectivity index (χ2v) is 3.32. The van der Waals surface area contributed by atoms with E-state index in [1.165, 1.54) is 0 Å². The largest absolute Gasteiger partial charge is 0.395 e. The van der Waals surface area contributed by atoms with Gasteiger partial charge in [0.25, 0.3) is 0 Å². The lowest BCUT2D eigenvalue weighted by Gasteiger charge is -2.10. The maximum Gasteiger partial charge on any atom is 0.309 e. The lowest BCUT2D eigenvalue weighted by atomic mass is 10.2. The summed E-state index contributed by atoms with van der Waals surface area (Å²) in [5.74, 6) is -1.40. The number of aliphatic hydroxyl groups excluding tert-OH is 1. The quantitative estimate of drug-likeness (QED) is 0.493. The van der Waals surface area contributed by atoms with E-state index in [9.17, 15) is 9.59 Å². The van der Waals surface area contributed by atoms with Gasteiger partial charge in [0.1, 0.15) is 0 Å². The van der Waals surface area contributed by atoms with Crippen LogP contribution in [0.15, 0.2) is 0 Å². The molecule has 1 atom stereocenters. The molecule has 1 rings (SSSR count). The zero-order valence-corrected chi connectivity index (χ0v) is 8.49. The first-order valence-corrected chi connectivity index (χ1v) is 5.02. The monoisotopic (exact) mass is 216 g/mol. The minimum atomic E-state index is -0.720. The second kappa shape index (κ2) is 6.36. The molecule has 1 fully saturated rings. The summed E-state index contributed by atoms with van der Waals surface area (Å²) in [7, 11) is 0. The zero-order valence-electron chi connectivity index (χ0n) is 8.49. The summed E-state index contributed by atoms with van der Waals surface area (Å²) in [5.41, 5.74) is 0. The molecule has 1 aliphatic heterocycles. The molecule has 0 aromatic heterocycles. The molecule has 0 unspecified atom stereocenters. The van der Waals surface area contributed by atoms with Crippen LogP contribution in [0, 0.1) is 0 Å². The average Bonchev–Trinajstić information content (AvgIpc) is 2.75. The van der Waals surface area contributed by atoms with Crippen molar-refractivity contribution >= 4 is 11.8 Å². The van der Waals surface area contributed by atoms with Crippen LogP contribution in [0.5, 0.6) is 0 Å². The third kappa shape index (κ3) is 4.26. The number of ether oxygens (including phenoxy) is 1. The molecular formula is C9H16N2O4. The van der Waals surface area contributed by atoms with E-state index in [2.05, 4.69) is 10.6 Å². The number of amides is 2. The average molecular weight is 216 g/mol. The van der Waals surface area contributed by atoms with E-state index in [0.717, 1.165) is 19.4 Å². The van der Waals surface area contributed by atoms with Crippen molar-refractivity contribution in [2.45, 2.75) is 18.9 Å². The fraction of sp³-hybridized carbons (Fsp3) is 0.778. The normalized spacial score (nSPS) is 19.9. The Bertz CT molecular complexity index is 226. The Hall–Kier alpha value is -1.14. The molecule has 1 saturated heterocycles. The Morgan fingerprint density at radius 3 is 2.67 bits per heavy atom. The van der Waals surface area contributed by atoms with Crippen LogP contribution in [0.2, 0.25) is 0 Å². The van der Waals surface area contributed by atoms with Gasteiger partial charge in [-0.05, 0) is 12.8 Å². The molecule has 86 valence electrons. The van der Waals surface area contributed by atoms with Crippen LogP contribution in [0.25, 0.3) is 0 Å². The first-order valence-electron chi connectivity index (χ1n) is 5.02. The molecule has 2 amide bonds. The summed E-state index contributed by atoms with van der Waals surface area (Å²) in [4.78, 5) is 22.2. The molecule has 0 aliphatic carbocycles. The highest BCUT2D eigenvalue weighted by Crippen LogP contribution is 2.10. The van der Waals surface area contributed by atoms with Gasteiger partial charge < -0.3 is 20.5 Å². The molecule has 6 heteroatoms. The first-order chi connectivity index (χ1) is 7.24. The highest BCUT2D eigenvalue weighted by molar-refractivity contribution is 6.35.